The normalized spacial score (nSPS) is 17.0. The van der Waals surface area contributed by atoms with Gasteiger partial charge in [0.2, 0.25) is 5.78 Å². The first-order valence-corrected chi connectivity index (χ1v) is 9.77. The molecule has 0 unspecified atom stereocenters. The van der Waals surface area contributed by atoms with Gasteiger partial charge < -0.3 is 9.47 Å². The number of hydrogen-bond donors (Lipinski definition) is 0. The molecule has 146 valence electrons. The molecule has 0 aromatic carbocycles. The molecule has 0 N–H and O–H groups in total. The van der Waals surface area contributed by atoms with Crippen LogP contribution in [0, 0.1) is 0 Å². The van der Waals surface area contributed by atoms with Crippen LogP contribution in [0.4, 0.5) is 0 Å². The third-order valence-electron chi connectivity index (χ3n) is 5.38. The van der Waals surface area contributed by atoms with Crippen LogP contribution in [-0.4, -0.2) is 52.8 Å². The molecule has 0 spiro atoms. The highest BCUT2D eigenvalue weighted by molar-refractivity contribution is 5.92. The van der Waals surface area contributed by atoms with Crippen LogP contribution in [0.3, 0.4) is 0 Å². The third-order valence-corrected chi connectivity index (χ3v) is 5.38. The van der Waals surface area contributed by atoms with Crippen molar-refractivity contribution in [3.05, 3.63) is 78.7 Å². The summed E-state index contributed by atoms with van der Waals surface area (Å²) in [5, 5.41) is 0. The number of likely N-dealkylation sites (tertiary alicyclic amines) is 1. The number of nitrogens with zero attached hydrogens (tertiary/aromatic N) is 7. The van der Waals surface area contributed by atoms with Crippen molar-refractivity contribution in [2.75, 3.05) is 13.1 Å². The molecule has 0 bridgehead atoms. The van der Waals surface area contributed by atoms with Gasteiger partial charge in [-0.2, -0.15) is 0 Å². The van der Waals surface area contributed by atoms with E-state index in [1.807, 2.05) is 41.7 Å². The van der Waals surface area contributed by atoms with Crippen LogP contribution in [0.5, 0.6) is 0 Å². The molecule has 0 saturated carbocycles. The second-order valence-corrected chi connectivity index (χ2v) is 7.31. The van der Waals surface area contributed by atoms with E-state index in [0.717, 1.165) is 31.8 Å². The predicted octanol–water partition coefficient (Wildman–Crippen LogP) is 2.39. The maximum absolute atomic E-state index is 13.0. The molecule has 5 rings (SSSR count). The highest BCUT2D eigenvalue weighted by atomic mass is 16.2. The Morgan fingerprint density at radius 1 is 1.10 bits per heavy atom. The molecule has 1 aliphatic rings. The molecule has 0 aliphatic carbocycles. The summed E-state index contributed by atoms with van der Waals surface area (Å²) >= 11 is 0. The number of hydrogen-bond acceptors (Lipinski definition) is 5. The zero-order valence-corrected chi connectivity index (χ0v) is 15.9. The fraction of sp³-hybridized carbons (Fsp3) is 0.286. The van der Waals surface area contributed by atoms with E-state index in [4.69, 9.17) is 0 Å². The average molecular weight is 387 g/mol. The Labute approximate surface area is 167 Å². The average Bonchev–Trinajstić information content (AvgIpc) is 3.41. The lowest BCUT2D eigenvalue weighted by Crippen LogP contribution is -2.40. The Morgan fingerprint density at radius 2 is 2.00 bits per heavy atom. The maximum atomic E-state index is 13.0. The monoisotopic (exact) mass is 387 g/mol. The lowest BCUT2D eigenvalue weighted by atomic mass is 9.96. The Balaban J connectivity index is 1.34. The van der Waals surface area contributed by atoms with Gasteiger partial charge in [0.05, 0.1) is 0 Å². The van der Waals surface area contributed by atoms with E-state index in [9.17, 15) is 4.79 Å². The minimum Gasteiger partial charge on any atom is -0.337 e. The summed E-state index contributed by atoms with van der Waals surface area (Å²) in [6.45, 7) is 2.13. The SMILES string of the molecule is O=C(c1cn2cccnc2n1)N1CCC[C@H](c2nccn2Cc2ccncc2)C1. The molecule has 5 heterocycles. The second-order valence-electron chi connectivity index (χ2n) is 7.31. The summed E-state index contributed by atoms with van der Waals surface area (Å²) in [6.07, 6.45) is 14.7. The summed E-state index contributed by atoms with van der Waals surface area (Å²) in [7, 11) is 0. The molecule has 1 fully saturated rings. The third kappa shape index (κ3) is 3.49. The van der Waals surface area contributed by atoms with Gasteiger partial charge in [-0.3, -0.25) is 14.2 Å². The van der Waals surface area contributed by atoms with Gasteiger partial charge >= 0.3 is 0 Å². The van der Waals surface area contributed by atoms with Crippen molar-refractivity contribution in [2.45, 2.75) is 25.3 Å². The molecule has 8 nitrogen and oxygen atoms in total. The molecule has 0 radical (unpaired) electrons. The van der Waals surface area contributed by atoms with Crippen molar-refractivity contribution in [3.8, 4) is 0 Å². The first kappa shape index (κ1) is 17.5. The van der Waals surface area contributed by atoms with Crippen LogP contribution in [0.1, 0.15) is 40.6 Å². The van der Waals surface area contributed by atoms with Gasteiger partial charge in [0.15, 0.2) is 0 Å². The predicted molar refractivity (Wildman–Crippen MR) is 106 cm³/mol. The minimum atomic E-state index is -0.0487. The summed E-state index contributed by atoms with van der Waals surface area (Å²) in [4.78, 5) is 32.2. The van der Waals surface area contributed by atoms with Gasteiger partial charge in [-0.15, -0.1) is 0 Å². The van der Waals surface area contributed by atoms with Crippen molar-refractivity contribution in [3.63, 3.8) is 0 Å². The van der Waals surface area contributed by atoms with Crippen LogP contribution in [0.25, 0.3) is 5.78 Å². The Bertz CT molecular complexity index is 1100. The van der Waals surface area contributed by atoms with Crippen LogP contribution in [0.15, 0.2) is 61.6 Å². The molecular formula is C21H21N7O. The summed E-state index contributed by atoms with van der Waals surface area (Å²) in [5.41, 5.74) is 1.62. The van der Waals surface area contributed by atoms with Gasteiger partial charge in [0.25, 0.3) is 5.91 Å². The van der Waals surface area contributed by atoms with Crippen LogP contribution in [-0.2, 0) is 6.54 Å². The molecule has 8 heteroatoms. The number of carbonyl (C=O) groups excluding carboxylic acids is 1. The number of imidazole rings is 2. The van der Waals surface area contributed by atoms with Crippen LogP contribution in [0.2, 0.25) is 0 Å². The highest BCUT2D eigenvalue weighted by Gasteiger charge is 2.29. The quantitative estimate of drug-likeness (QED) is 0.537. The van der Waals surface area contributed by atoms with E-state index in [-0.39, 0.29) is 11.8 Å². The van der Waals surface area contributed by atoms with E-state index < -0.39 is 0 Å². The summed E-state index contributed by atoms with van der Waals surface area (Å²) in [6, 6.07) is 5.85. The Morgan fingerprint density at radius 3 is 2.86 bits per heavy atom. The lowest BCUT2D eigenvalue weighted by molar-refractivity contribution is 0.0698. The van der Waals surface area contributed by atoms with E-state index >= 15 is 0 Å². The fourth-order valence-electron chi connectivity index (χ4n) is 3.97. The molecule has 1 saturated heterocycles. The number of amides is 1. The first-order chi connectivity index (χ1) is 14.3. The van der Waals surface area contributed by atoms with E-state index in [1.54, 1.807) is 29.2 Å². The molecular weight excluding hydrogens is 366 g/mol. The maximum Gasteiger partial charge on any atom is 0.274 e. The Kier molecular flexibility index (Phi) is 4.51. The lowest BCUT2D eigenvalue weighted by Gasteiger charge is -2.32. The van der Waals surface area contributed by atoms with Crippen molar-refractivity contribution in [1.29, 1.82) is 0 Å². The van der Waals surface area contributed by atoms with E-state index in [2.05, 4.69) is 24.5 Å². The minimum absolute atomic E-state index is 0.0487. The van der Waals surface area contributed by atoms with E-state index in [0.29, 0.717) is 18.0 Å². The molecule has 29 heavy (non-hydrogen) atoms. The van der Waals surface area contributed by atoms with E-state index in [1.165, 1.54) is 5.56 Å². The second kappa shape index (κ2) is 7.46. The van der Waals surface area contributed by atoms with Crippen molar-refractivity contribution < 1.29 is 4.79 Å². The molecule has 1 aliphatic heterocycles. The first-order valence-electron chi connectivity index (χ1n) is 9.77. The van der Waals surface area contributed by atoms with Crippen LogP contribution >= 0.6 is 0 Å². The number of rotatable bonds is 4. The van der Waals surface area contributed by atoms with Gasteiger partial charge in [0, 0.05) is 68.9 Å². The smallest absolute Gasteiger partial charge is 0.274 e. The number of fused-ring (bicyclic) bond motifs is 1. The highest BCUT2D eigenvalue weighted by Crippen LogP contribution is 2.27. The molecule has 4 aromatic heterocycles. The van der Waals surface area contributed by atoms with Gasteiger partial charge in [-0.1, -0.05) is 0 Å². The molecule has 4 aromatic rings. The van der Waals surface area contributed by atoms with Gasteiger partial charge in [0.1, 0.15) is 11.5 Å². The summed E-state index contributed by atoms with van der Waals surface area (Å²) < 4.78 is 3.94. The van der Waals surface area contributed by atoms with Crippen LogP contribution < -0.4 is 0 Å². The zero-order chi connectivity index (χ0) is 19.6. The summed E-state index contributed by atoms with van der Waals surface area (Å²) in [5.74, 6) is 1.72. The molecule has 1 amide bonds. The number of aromatic nitrogens is 6. The molecule has 1 atom stereocenters. The van der Waals surface area contributed by atoms with Crippen molar-refractivity contribution in [1.82, 2.24) is 33.8 Å². The van der Waals surface area contributed by atoms with Gasteiger partial charge in [-0.05, 0) is 36.6 Å². The fourth-order valence-corrected chi connectivity index (χ4v) is 3.97. The van der Waals surface area contributed by atoms with Crippen molar-refractivity contribution >= 4 is 11.7 Å². The van der Waals surface area contributed by atoms with Gasteiger partial charge in [-0.25, -0.2) is 15.0 Å². The number of pyridine rings is 1. The number of carbonyl (C=O) groups is 1. The zero-order valence-electron chi connectivity index (χ0n) is 15.9. The standard InChI is InChI=1S/C21H21N7O/c29-20(18-15-28-11-2-6-24-21(28)25-18)27-10-1-3-17(14-27)19-23-9-12-26(19)13-16-4-7-22-8-5-16/h2,4-9,11-12,15,17H,1,3,10,13-14H2/t17-/m0/s1. The van der Waals surface area contributed by atoms with Crippen molar-refractivity contribution in [2.24, 2.45) is 0 Å². The largest absolute Gasteiger partial charge is 0.337 e. The number of piperidine rings is 1. The topological polar surface area (TPSA) is 81.2 Å². The Hall–Kier alpha value is -3.55.